The standard InChI is InChI=1S/C21H22N4OS/c26-21(20-11-18-9-5-2-6-10-19(18)27-20)24-22-12-17-13-23-25(15-17)14-16-7-3-1-4-8-16/h1,3-4,7-8,11-13,15H,2,5-6,9-10,14H2,(H,24,26)/b22-12-. The molecule has 0 radical (unpaired) electrons. The number of benzene rings is 1. The molecule has 4 rings (SSSR count). The number of carbonyl (C=O) groups is 1. The highest BCUT2D eigenvalue weighted by atomic mass is 32.1. The van der Waals surface area contributed by atoms with Gasteiger partial charge in [-0.15, -0.1) is 11.3 Å². The van der Waals surface area contributed by atoms with Gasteiger partial charge in [-0.2, -0.15) is 10.2 Å². The maximum absolute atomic E-state index is 12.3. The minimum Gasteiger partial charge on any atom is -0.268 e. The lowest BCUT2D eigenvalue weighted by atomic mass is 10.1. The van der Waals surface area contributed by atoms with E-state index in [9.17, 15) is 4.79 Å². The van der Waals surface area contributed by atoms with Gasteiger partial charge in [0.2, 0.25) is 0 Å². The fourth-order valence-electron chi connectivity index (χ4n) is 3.30. The van der Waals surface area contributed by atoms with E-state index in [1.807, 2.05) is 35.1 Å². The average molecular weight is 379 g/mol. The fraction of sp³-hybridized carbons (Fsp3) is 0.286. The summed E-state index contributed by atoms with van der Waals surface area (Å²) in [6, 6.07) is 12.2. The third-order valence-electron chi connectivity index (χ3n) is 4.69. The number of fused-ring (bicyclic) bond motifs is 1. The molecule has 1 N–H and O–H groups in total. The number of nitrogens with zero attached hydrogens (tertiary/aromatic N) is 3. The smallest absolute Gasteiger partial charge is 0.268 e. The van der Waals surface area contributed by atoms with Crippen LogP contribution in [0, 0.1) is 0 Å². The molecule has 0 saturated carbocycles. The first-order valence-corrected chi connectivity index (χ1v) is 10.1. The van der Waals surface area contributed by atoms with Gasteiger partial charge in [-0.05, 0) is 42.9 Å². The van der Waals surface area contributed by atoms with Crippen molar-refractivity contribution in [2.24, 2.45) is 5.10 Å². The van der Waals surface area contributed by atoms with Crippen molar-refractivity contribution in [1.29, 1.82) is 0 Å². The molecule has 1 amide bonds. The third-order valence-corrected chi connectivity index (χ3v) is 5.93. The number of hydrogen-bond acceptors (Lipinski definition) is 4. The topological polar surface area (TPSA) is 59.3 Å². The van der Waals surface area contributed by atoms with Crippen LogP contribution < -0.4 is 5.43 Å². The molecule has 0 aliphatic heterocycles. The summed E-state index contributed by atoms with van der Waals surface area (Å²) in [5, 5.41) is 8.43. The van der Waals surface area contributed by atoms with Gasteiger partial charge in [0.1, 0.15) is 0 Å². The highest BCUT2D eigenvalue weighted by Gasteiger charge is 2.16. The Balaban J connectivity index is 1.34. The number of aromatic nitrogens is 2. The van der Waals surface area contributed by atoms with Crippen LogP contribution in [0.2, 0.25) is 0 Å². The molecule has 27 heavy (non-hydrogen) atoms. The van der Waals surface area contributed by atoms with Crippen molar-refractivity contribution in [3.8, 4) is 0 Å². The van der Waals surface area contributed by atoms with Crippen LogP contribution in [0.15, 0.2) is 53.9 Å². The molecule has 2 aromatic heterocycles. The van der Waals surface area contributed by atoms with E-state index < -0.39 is 0 Å². The lowest BCUT2D eigenvalue weighted by Gasteiger charge is -2.00. The van der Waals surface area contributed by atoms with Crippen LogP contribution in [-0.2, 0) is 19.4 Å². The van der Waals surface area contributed by atoms with Crippen molar-refractivity contribution in [2.75, 3.05) is 0 Å². The van der Waals surface area contributed by atoms with E-state index in [0.29, 0.717) is 6.54 Å². The summed E-state index contributed by atoms with van der Waals surface area (Å²) in [6.07, 6.45) is 11.2. The van der Waals surface area contributed by atoms with E-state index in [0.717, 1.165) is 23.3 Å². The summed E-state index contributed by atoms with van der Waals surface area (Å²) in [6.45, 7) is 0.710. The molecule has 0 saturated heterocycles. The lowest BCUT2D eigenvalue weighted by Crippen LogP contribution is -2.16. The molecule has 6 heteroatoms. The van der Waals surface area contributed by atoms with Crippen molar-refractivity contribution in [3.05, 3.63) is 75.2 Å². The number of hydrogen-bond donors (Lipinski definition) is 1. The minimum atomic E-state index is -0.138. The summed E-state index contributed by atoms with van der Waals surface area (Å²) < 4.78 is 1.86. The normalized spacial score (nSPS) is 14.1. The molecular formula is C21H22N4OS. The third kappa shape index (κ3) is 4.52. The van der Waals surface area contributed by atoms with Crippen LogP contribution in [0.1, 0.15) is 50.5 Å². The number of thiophene rings is 1. The summed E-state index contributed by atoms with van der Waals surface area (Å²) in [5.41, 5.74) is 6.02. The molecule has 0 fully saturated rings. The molecule has 0 spiro atoms. The number of nitrogens with one attached hydrogen (secondary N) is 1. The molecule has 138 valence electrons. The molecule has 5 nitrogen and oxygen atoms in total. The Morgan fingerprint density at radius 3 is 2.96 bits per heavy atom. The van der Waals surface area contributed by atoms with Gasteiger partial charge < -0.3 is 0 Å². The molecule has 0 atom stereocenters. The van der Waals surface area contributed by atoms with Gasteiger partial charge in [0.05, 0.1) is 23.8 Å². The Kier molecular flexibility index (Phi) is 5.44. The first-order valence-electron chi connectivity index (χ1n) is 9.29. The zero-order chi connectivity index (χ0) is 18.5. The van der Waals surface area contributed by atoms with E-state index in [4.69, 9.17) is 0 Å². The van der Waals surface area contributed by atoms with Crippen molar-refractivity contribution in [3.63, 3.8) is 0 Å². The van der Waals surface area contributed by atoms with E-state index in [1.54, 1.807) is 23.7 Å². The average Bonchev–Trinajstić information content (AvgIpc) is 3.24. The zero-order valence-electron chi connectivity index (χ0n) is 15.1. The fourth-order valence-corrected chi connectivity index (χ4v) is 4.45. The van der Waals surface area contributed by atoms with Crippen LogP contribution in [0.4, 0.5) is 0 Å². The Morgan fingerprint density at radius 2 is 2.07 bits per heavy atom. The number of aryl methyl sites for hydroxylation is 2. The van der Waals surface area contributed by atoms with Crippen molar-refractivity contribution in [2.45, 2.75) is 38.6 Å². The number of amides is 1. The lowest BCUT2D eigenvalue weighted by molar-refractivity contribution is 0.0959. The highest BCUT2D eigenvalue weighted by molar-refractivity contribution is 7.14. The van der Waals surface area contributed by atoms with Crippen LogP contribution in [0.3, 0.4) is 0 Å². The SMILES string of the molecule is O=C(N/N=C\c1cnn(Cc2ccccc2)c1)c1cc2c(s1)CCCCC2. The molecule has 0 bridgehead atoms. The van der Waals surface area contributed by atoms with Gasteiger partial charge in [-0.1, -0.05) is 36.8 Å². The molecular weight excluding hydrogens is 356 g/mol. The minimum absolute atomic E-state index is 0.138. The first kappa shape index (κ1) is 17.7. The Hall–Kier alpha value is -2.73. The van der Waals surface area contributed by atoms with Crippen LogP contribution in [0.25, 0.3) is 0 Å². The van der Waals surface area contributed by atoms with E-state index >= 15 is 0 Å². The predicted octanol–water partition coefficient (Wildman–Crippen LogP) is 4.03. The first-order chi connectivity index (χ1) is 13.3. The van der Waals surface area contributed by atoms with E-state index in [1.165, 1.54) is 35.3 Å². The molecule has 2 heterocycles. The Bertz CT molecular complexity index is 919. The van der Waals surface area contributed by atoms with Gasteiger partial charge in [0.25, 0.3) is 5.91 Å². The second-order valence-corrected chi connectivity index (χ2v) is 7.91. The van der Waals surface area contributed by atoms with Gasteiger partial charge in [-0.3, -0.25) is 9.48 Å². The molecule has 0 unspecified atom stereocenters. The maximum atomic E-state index is 12.3. The van der Waals surface area contributed by atoms with Gasteiger partial charge >= 0.3 is 0 Å². The Morgan fingerprint density at radius 1 is 1.22 bits per heavy atom. The van der Waals surface area contributed by atoms with Gasteiger partial charge in [0, 0.05) is 16.6 Å². The van der Waals surface area contributed by atoms with Crippen LogP contribution in [-0.4, -0.2) is 21.9 Å². The molecule has 1 aliphatic rings. The molecule has 1 aromatic carbocycles. The highest BCUT2D eigenvalue weighted by Crippen LogP contribution is 2.28. The second kappa shape index (κ2) is 8.31. The van der Waals surface area contributed by atoms with Gasteiger partial charge in [-0.25, -0.2) is 5.43 Å². The summed E-state index contributed by atoms with van der Waals surface area (Å²) >= 11 is 1.61. The van der Waals surface area contributed by atoms with E-state index in [2.05, 4.69) is 27.8 Å². The number of hydrazone groups is 1. The monoisotopic (exact) mass is 378 g/mol. The predicted molar refractivity (Wildman–Crippen MR) is 108 cm³/mol. The van der Waals surface area contributed by atoms with Crippen LogP contribution in [0.5, 0.6) is 0 Å². The number of rotatable bonds is 5. The van der Waals surface area contributed by atoms with Crippen molar-refractivity contribution >= 4 is 23.5 Å². The second-order valence-electron chi connectivity index (χ2n) is 6.78. The summed E-state index contributed by atoms with van der Waals surface area (Å²) in [7, 11) is 0. The molecule has 1 aliphatic carbocycles. The zero-order valence-corrected chi connectivity index (χ0v) is 15.9. The van der Waals surface area contributed by atoms with Gasteiger partial charge in [0.15, 0.2) is 0 Å². The number of carbonyl (C=O) groups excluding carboxylic acids is 1. The summed E-state index contributed by atoms with van der Waals surface area (Å²) in [4.78, 5) is 14.5. The van der Waals surface area contributed by atoms with Crippen molar-refractivity contribution < 1.29 is 4.79 Å². The Labute approximate surface area is 162 Å². The summed E-state index contributed by atoms with van der Waals surface area (Å²) in [5.74, 6) is -0.138. The van der Waals surface area contributed by atoms with E-state index in [-0.39, 0.29) is 5.91 Å². The maximum Gasteiger partial charge on any atom is 0.281 e. The quantitative estimate of drug-likeness (QED) is 0.414. The van der Waals surface area contributed by atoms with Crippen molar-refractivity contribution in [1.82, 2.24) is 15.2 Å². The molecule has 3 aromatic rings. The largest absolute Gasteiger partial charge is 0.281 e. The van der Waals surface area contributed by atoms with Crippen LogP contribution >= 0.6 is 11.3 Å².